The Bertz CT molecular complexity index is 762. The number of fused-ring (bicyclic) bond motifs is 1. The summed E-state index contributed by atoms with van der Waals surface area (Å²) in [5.74, 6) is -0.0862. The zero-order valence-electron chi connectivity index (χ0n) is 14.0. The van der Waals surface area contributed by atoms with E-state index in [0.29, 0.717) is 23.8 Å². The SMILES string of the molecule is CC(=NOCC(=O)OCC(=O)N1CCNC1=O)c1ccc2c(c1)OCO2. The van der Waals surface area contributed by atoms with Crippen molar-refractivity contribution in [1.29, 1.82) is 0 Å². The Morgan fingerprint density at radius 2 is 2.08 bits per heavy atom. The van der Waals surface area contributed by atoms with Gasteiger partial charge in [0.2, 0.25) is 13.4 Å². The van der Waals surface area contributed by atoms with Gasteiger partial charge in [-0.1, -0.05) is 5.16 Å². The Morgan fingerprint density at radius 1 is 1.27 bits per heavy atom. The molecule has 0 atom stereocenters. The van der Waals surface area contributed by atoms with Crippen LogP contribution in [0.4, 0.5) is 4.79 Å². The first-order valence-corrected chi connectivity index (χ1v) is 7.85. The fraction of sp³-hybridized carbons (Fsp3) is 0.375. The molecule has 1 fully saturated rings. The van der Waals surface area contributed by atoms with Crippen molar-refractivity contribution in [2.75, 3.05) is 33.1 Å². The van der Waals surface area contributed by atoms with Crippen molar-refractivity contribution in [3.05, 3.63) is 23.8 Å². The van der Waals surface area contributed by atoms with E-state index in [-0.39, 0.29) is 13.3 Å². The molecule has 2 heterocycles. The highest BCUT2D eigenvalue weighted by atomic mass is 16.7. The molecule has 1 saturated heterocycles. The van der Waals surface area contributed by atoms with Gasteiger partial charge in [-0.2, -0.15) is 0 Å². The second-order valence-electron chi connectivity index (χ2n) is 5.46. The van der Waals surface area contributed by atoms with Gasteiger partial charge in [0.05, 0.1) is 5.71 Å². The Labute approximate surface area is 148 Å². The van der Waals surface area contributed by atoms with E-state index < -0.39 is 31.1 Å². The Morgan fingerprint density at radius 3 is 2.85 bits per heavy atom. The standard InChI is InChI=1S/C16H17N3O7/c1-10(11-2-3-12-13(6-11)25-9-24-12)18-26-8-15(21)23-7-14(20)19-5-4-17-16(19)22/h2-3,6H,4-5,7-9H2,1H3,(H,17,22). The van der Waals surface area contributed by atoms with Crippen LogP contribution in [-0.2, 0) is 19.2 Å². The predicted molar refractivity (Wildman–Crippen MR) is 86.8 cm³/mol. The molecule has 3 rings (SSSR count). The molecule has 0 spiro atoms. The fourth-order valence-electron chi connectivity index (χ4n) is 2.33. The number of amides is 3. The van der Waals surface area contributed by atoms with E-state index >= 15 is 0 Å². The van der Waals surface area contributed by atoms with Crippen molar-refractivity contribution in [1.82, 2.24) is 10.2 Å². The third-order valence-electron chi connectivity index (χ3n) is 3.69. The average molecular weight is 363 g/mol. The molecule has 0 radical (unpaired) electrons. The Kier molecular flexibility index (Phi) is 5.20. The van der Waals surface area contributed by atoms with Gasteiger partial charge in [0.1, 0.15) is 0 Å². The highest BCUT2D eigenvalue weighted by Gasteiger charge is 2.26. The quantitative estimate of drug-likeness (QED) is 0.437. The lowest BCUT2D eigenvalue weighted by molar-refractivity contribution is -0.154. The van der Waals surface area contributed by atoms with E-state index in [1.165, 1.54) is 0 Å². The second-order valence-corrected chi connectivity index (χ2v) is 5.46. The van der Waals surface area contributed by atoms with Gasteiger partial charge in [-0.05, 0) is 25.1 Å². The van der Waals surface area contributed by atoms with E-state index in [4.69, 9.17) is 19.0 Å². The number of urea groups is 1. The number of oxime groups is 1. The third kappa shape index (κ3) is 4.02. The molecule has 0 saturated carbocycles. The highest BCUT2D eigenvalue weighted by molar-refractivity contribution is 5.99. The summed E-state index contributed by atoms with van der Waals surface area (Å²) in [6.07, 6.45) is 0. The molecule has 1 aromatic rings. The lowest BCUT2D eigenvalue weighted by Crippen LogP contribution is -2.37. The summed E-state index contributed by atoms with van der Waals surface area (Å²) in [5.41, 5.74) is 1.28. The van der Waals surface area contributed by atoms with Crippen LogP contribution in [0.2, 0.25) is 0 Å². The van der Waals surface area contributed by atoms with Crippen LogP contribution < -0.4 is 14.8 Å². The van der Waals surface area contributed by atoms with E-state index in [1.807, 2.05) is 0 Å². The van der Waals surface area contributed by atoms with Crippen LogP contribution in [-0.4, -0.2) is 61.6 Å². The van der Waals surface area contributed by atoms with Gasteiger partial charge >= 0.3 is 12.0 Å². The fourth-order valence-corrected chi connectivity index (χ4v) is 2.33. The molecule has 3 amide bonds. The van der Waals surface area contributed by atoms with Gasteiger partial charge in [-0.25, -0.2) is 9.59 Å². The van der Waals surface area contributed by atoms with Crippen molar-refractivity contribution < 1.29 is 33.4 Å². The van der Waals surface area contributed by atoms with Crippen LogP contribution in [0, 0.1) is 0 Å². The lowest BCUT2D eigenvalue weighted by Gasteiger charge is -2.11. The van der Waals surface area contributed by atoms with E-state index in [2.05, 4.69) is 10.5 Å². The van der Waals surface area contributed by atoms with Gasteiger partial charge in [0.25, 0.3) is 5.91 Å². The van der Waals surface area contributed by atoms with Gasteiger partial charge in [-0.3, -0.25) is 9.69 Å². The third-order valence-corrected chi connectivity index (χ3v) is 3.69. The zero-order valence-corrected chi connectivity index (χ0v) is 14.0. The topological polar surface area (TPSA) is 116 Å². The maximum atomic E-state index is 11.7. The van der Waals surface area contributed by atoms with E-state index in [9.17, 15) is 14.4 Å². The summed E-state index contributed by atoms with van der Waals surface area (Å²) in [5, 5.41) is 6.32. The molecule has 2 aliphatic rings. The predicted octanol–water partition coefficient (Wildman–Crippen LogP) is 0.251. The molecule has 138 valence electrons. The smallest absolute Gasteiger partial charge is 0.347 e. The molecule has 1 N–H and O–H groups in total. The normalized spacial score (nSPS) is 15.7. The molecule has 0 aromatic heterocycles. The molecule has 0 aliphatic carbocycles. The maximum absolute atomic E-state index is 11.7. The molecule has 26 heavy (non-hydrogen) atoms. The zero-order chi connectivity index (χ0) is 18.5. The number of imide groups is 1. The number of carbonyl (C=O) groups excluding carboxylic acids is 3. The van der Waals surface area contributed by atoms with Crippen molar-refractivity contribution in [2.24, 2.45) is 5.16 Å². The summed E-state index contributed by atoms with van der Waals surface area (Å²) >= 11 is 0. The van der Waals surface area contributed by atoms with Crippen molar-refractivity contribution in [3.8, 4) is 11.5 Å². The molecule has 10 heteroatoms. The van der Waals surface area contributed by atoms with Crippen molar-refractivity contribution >= 4 is 23.6 Å². The van der Waals surface area contributed by atoms with Crippen LogP contribution in [0.5, 0.6) is 11.5 Å². The van der Waals surface area contributed by atoms with Gasteiger partial charge in [0, 0.05) is 18.7 Å². The summed E-state index contributed by atoms with van der Waals surface area (Å²) in [7, 11) is 0. The first-order chi connectivity index (χ1) is 12.5. The van der Waals surface area contributed by atoms with E-state index in [0.717, 1.165) is 10.5 Å². The molecule has 10 nitrogen and oxygen atoms in total. The minimum absolute atomic E-state index is 0.176. The van der Waals surface area contributed by atoms with E-state index in [1.54, 1.807) is 25.1 Å². The van der Waals surface area contributed by atoms with Crippen LogP contribution >= 0.6 is 0 Å². The highest BCUT2D eigenvalue weighted by Crippen LogP contribution is 2.32. The van der Waals surface area contributed by atoms with Gasteiger partial charge < -0.3 is 24.4 Å². The summed E-state index contributed by atoms with van der Waals surface area (Å²) in [6, 6.07) is 4.80. The summed E-state index contributed by atoms with van der Waals surface area (Å²) < 4.78 is 15.3. The summed E-state index contributed by atoms with van der Waals surface area (Å²) in [6.45, 7) is 1.54. The number of nitrogens with zero attached hydrogens (tertiary/aromatic N) is 2. The number of benzene rings is 1. The summed E-state index contributed by atoms with van der Waals surface area (Å²) in [4.78, 5) is 40.5. The van der Waals surface area contributed by atoms with Crippen molar-refractivity contribution in [3.63, 3.8) is 0 Å². The Hall–Kier alpha value is -3.30. The molecule has 1 aromatic carbocycles. The minimum Gasteiger partial charge on any atom is -0.454 e. The number of carbonyl (C=O) groups is 3. The first-order valence-electron chi connectivity index (χ1n) is 7.85. The average Bonchev–Trinajstić information content (AvgIpc) is 3.27. The number of ether oxygens (including phenoxy) is 3. The number of nitrogens with one attached hydrogen (secondary N) is 1. The Balaban J connectivity index is 1.43. The monoisotopic (exact) mass is 363 g/mol. The lowest BCUT2D eigenvalue weighted by atomic mass is 10.1. The number of rotatable bonds is 6. The van der Waals surface area contributed by atoms with Crippen LogP contribution in [0.1, 0.15) is 12.5 Å². The number of hydrogen-bond acceptors (Lipinski definition) is 8. The van der Waals surface area contributed by atoms with Gasteiger partial charge in [0.15, 0.2) is 18.1 Å². The molecular formula is C16H17N3O7. The van der Waals surface area contributed by atoms with Crippen LogP contribution in [0.25, 0.3) is 0 Å². The molecule has 0 bridgehead atoms. The largest absolute Gasteiger partial charge is 0.454 e. The molecular weight excluding hydrogens is 346 g/mol. The first kappa shape index (κ1) is 17.5. The van der Waals surface area contributed by atoms with Crippen LogP contribution in [0.15, 0.2) is 23.4 Å². The number of esters is 1. The van der Waals surface area contributed by atoms with Crippen molar-refractivity contribution in [2.45, 2.75) is 6.92 Å². The number of hydrogen-bond donors (Lipinski definition) is 1. The minimum atomic E-state index is -0.764. The van der Waals surface area contributed by atoms with Crippen LogP contribution in [0.3, 0.4) is 0 Å². The maximum Gasteiger partial charge on any atom is 0.347 e. The second kappa shape index (κ2) is 7.72. The molecule has 0 unspecified atom stereocenters. The molecule has 2 aliphatic heterocycles. The van der Waals surface area contributed by atoms with Gasteiger partial charge in [-0.15, -0.1) is 0 Å².